The van der Waals surface area contributed by atoms with Crippen LogP contribution in [0.5, 0.6) is 23.0 Å². The zero-order valence-corrected chi connectivity index (χ0v) is 18.6. The highest BCUT2D eigenvalue weighted by Gasteiger charge is 2.25. The summed E-state index contributed by atoms with van der Waals surface area (Å²) in [5.41, 5.74) is 3.43. The summed E-state index contributed by atoms with van der Waals surface area (Å²) in [5.74, 6) is -0.579. The summed E-state index contributed by atoms with van der Waals surface area (Å²) in [4.78, 5) is 13.4. The third-order valence-corrected chi connectivity index (χ3v) is 5.65. The van der Waals surface area contributed by atoms with Crippen molar-refractivity contribution in [2.24, 2.45) is 0 Å². The molecular weight excluding hydrogens is 446 g/mol. The lowest BCUT2D eigenvalue weighted by molar-refractivity contribution is 0.102. The maximum absolute atomic E-state index is 13.4. The van der Waals surface area contributed by atoms with Crippen LogP contribution < -0.4 is 5.32 Å². The van der Waals surface area contributed by atoms with Gasteiger partial charge in [0.05, 0.1) is 5.56 Å². The number of fused-ring (bicyclic) bond motifs is 1. The van der Waals surface area contributed by atoms with Gasteiger partial charge in [0.25, 0.3) is 5.91 Å². The van der Waals surface area contributed by atoms with Crippen molar-refractivity contribution in [3.8, 4) is 45.4 Å². The van der Waals surface area contributed by atoms with Gasteiger partial charge in [-0.15, -0.1) is 0 Å². The van der Waals surface area contributed by atoms with E-state index in [0.29, 0.717) is 33.5 Å². The van der Waals surface area contributed by atoms with E-state index in [4.69, 9.17) is 4.42 Å². The number of nitrogens with one attached hydrogen (secondary N) is 1. The lowest BCUT2D eigenvalue weighted by Gasteiger charge is -2.10. The number of aromatic hydroxyl groups is 4. The number of hydrogen-bond donors (Lipinski definition) is 5. The molecule has 1 amide bonds. The van der Waals surface area contributed by atoms with Crippen LogP contribution in [0.25, 0.3) is 33.4 Å². The van der Waals surface area contributed by atoms with Crippen molar-refractivity contribution < 1.29 is 29.6 Å². The van der Waals surface area contributed by atoms with Gasteiger partial charge < -0.3 is 30.2 Å². The number of anilines is 1. The Balaban J connectivity index is 1.77. The number of carbonyl (C=O) groups excluding carboxylic acids is 1. The lowest BCUT2D eigenvalue weighted by Crippen LogP contribution is -2.12. The van der Waals surface area contributed by atoms with Gasteiger partial charge in [0.2, 0.25) is 0 Å². The fourth-order valence-electron chi connectivity index (χ4n) is 4.06. The van der Waals surface area contributed by atoms with E-state index < -0.39 is 5.91 Å². The normalized spacial score (nSPS) is 11.0. The molecule has 0 fully saturated rings. The number of phenols is 4. The van der Waals surface area contributed by atoms with Crippen LogP contribution in [0.15, 0.2) is 83.3 Å². The van der Waals surface area contributed by atoms with Gasteiger partial charge in [-0.3, -0.25) is 4.79 Å². The summed E-state index contributed by atoms with van der Waals surface area (Å²) in [7, 11) is 0. The van der Waals surface area contributed by atoms with E-state index in [1.807, 2.05) is 19.1 Å². The zero-order valence-electron chi connectivity index (χ0n) is 18.6. The van der Waals surface area contributed by atoms with E-state index >= 15 is 0 Å². The van der Waals surface area contributed by atoms with Crippen LogP contribution in [0.3, 0.4) is 0 Å². The predicted molar refractivity (Wildman–Crippen MR) is 133 cm³/mol. The van der Waals surface area contributed by atoms with Crippen LogP contribution in [0.1, 0.15) is 15.9 Å². The number of rotatable bonds is 4. The highest BCUT2D eigenvalue weighted by atomic mass is 16.3. The number of phenolic OH excluding ortho intramolecular Hbond substituents is 4. The van der Waals surface area contributed by atoms with Crippen molar-refractivity contribution in [1.29, 1.82) is 0 Å². The number of carbonyl (C=O) groups is 1. The molecule has 0 unspecified atom stereocenters. The Morgan fingerprint density at radius 3 is 2.00 bits per heavy atom. The molecule has 0 radical (unpaired) electrons. The van der Waals surface area contributed by atoms with Crippen molar-refractivity contribution in [2.75, 3.05) is 5.32 Å². The molecule has 0 aliphatic carbocycles. The van der Waals surface area contributed by atoms with Gasteiger partial charge in [-0.2, -0.15) is 0 Å². The summed E-state index contributed by atoms with van der Waals surface area (Å²) in [6.45, 7) is 1.94. The average molecular weight is 467 g/mol. The predicted octanol–water partition coefficient (Wildman–Crippen LogP) is 6.15. The molecule has 0 aliphatic rings. The number of furan rings is 1. The van der Waals surface area contributed by atoms with E-state index in [9.17, 15) is 25.2 Å². The van der Waals surface area contributed by atoms with Gasteiger partial charge in [0, 0.05) is 34.3 Å². The molecule has 5 N–H and O–H groups in total. The van der Waals surface area contributed by atoms with Gasteiger partial charge in [0.15, 0.2) is 0 Å². The van der Waals surface area contributed by atoms with Crippen molar-refractivity contribution in [1.82, 2.24) is 0 Å². The van der Waals surface area contributed by atoms with Crippen molar-refractivity contribution >= 4 is 22.6 Å². The molecule has 0 bridgehead atoms. The molecular formula is C28H21NO6. The maximum atomic E-state index is 13.4. The van der Waals surface area contributed by atoms with Gasteiger partial charge >= 0.3 is 0 Å². The number of benzene rings is 4. The Kier molecular flexibility index (Phi) is 5.30. The Labute approximate surface area is 200 Å². The quantitative estimate of drug-likeness (QED) is 0.216. The minimum absolute atomic E-state index is 0.0669. The van der Waals surface area contributed by atoms with Gasteiger partial charge in [0.1, 0.15) is 34.3 Å². The van der Waals surface area contributed by atoms with Crippen LogP contribution in [-0.4, -0.2) is 26.3 Å². The number of hydrogen-bond acceptors (Lipinski definition) is 6. The molecule has 0 aliphatic heterocycles. The standard InChI is InChI=1S/C28H21NO6/c1-15-2-6-18(7-3-15)29-28(34)23-13-22(33)14-24-26(23)25(17-10-20(31)12-21(32)11-17)27(35-24)16-4-8-19(30)9-5-16/h2-14,30-33H,1H3,(H,29,34). The van der Waals surface area contributed by atoms with E-state index in [0.717, 1.165) is 5.56 Å². The topological polar surface area (TPSA) is 123 Å². The summed E-state index contributed by atoms with van der Waals surface area (Å²) >= 11 is 0. The zero-order chi connectivity index (χ0) is 24.7. The van der Waals surface area contributed by atoms with Crippen LogP contribution in [-0.2, 0) is 0 Å². The monoisotopic (exact) mass is 467 g/mol. The minimum atomic E-state index is -0.474. The first kappa shape index (κ1) is 21.9. The van der Waals surface area contributed by atoms with E-state index in [-0.39, 0.29) is 34.1 Å². The second-order valence-corrected chi connectivity index (χ2v) is 8.28. The summed E-state index contributed by atoms with van der Waals surface area (Å²) in [5, 5.41) is 43.7. The van der Waals surface area contributed by atoms with Gasteiger partial charge in [-0.05, 0) is 67.1 Å². The molecule has 1 aromatic heterocycles. The molecule has 0 spiro atoms. The smallest absolute Gasteiger partial charge is 0.256 e. The molecule has 5 aromatic rings. The fraction of sp³-hybridized carbons (Fsp3) is 0.0357. The van der Waals surface area contributed by atoms with E-state index in [1.165, 1.54) is 42.5 Å². The third kappa shape index (κ3) is 4.22. The molecule has 7 nitrogen and oxygen atoms in total. The summed E-state index contributed by atoms with van der Waals surface area (Å²) < 4.78 is 6.11. The average Bonchev–Trinajstić information content (AvgIpc) is 3.19. The number of amides is 1. The second-order valence-electron chi connectivity index (χ2n) is 8.28. The highest BCUT2D eigenvalue weighted by Crippen LogP contribution is 2.45. The SMILES string of the molecule is Cc1ccc(NC(=O)c2cc(O)cc3oc(-c4ccc(O)cc4)c(-c4cc(O)cc(O)c4)c23)cc1. The van der Waals surface area contributed by atoms with Gasteiger partial charge in [-0.25, -0.2) is 0 Å². The molecule has 5 rings (SSSR count). The first-order chi connectivity index (χ1) is 16.8. The minimum Gasteiger partial charge on any atom is -0.508 e. The molecule has 35 heavy (non-hydrogen) atoms. The largest absolute Gasteiger partial charge is 0.508 e. The summed E-state index contributed by atoms with van der Waals surface area (Å²) in [6.07, 6.45) is 0. The molecule has 0 atom stereocenters. The van der Waals surface area contributed by atoms with Crippen LogP contribution in [0, 0.1) is 6.92 Å². The van der Waals surface area contributed by atoms with Gasteiger partial charge in [-0.1, -0.05) is 17.7 Å². The van der Waals surface area contributed by atoms with Crippen molar-refractivity contribution in [3.63, 3.8) is 0 Å². The first-order valence-corrected chi connectivity index (χ1v) is 10.8. The maximum Gasteiger partial charge on any atom is 0.256 e. The van der Waals surface area contributed by atoms with Crippen LogP contribution in [0.2, 0.25) is 0 Å². The number of aryl methyl sites for hydroxylation is 1. The Morgan fingerprint density at radius 2 is 1.34 bits per heavy atom. The highest BCUT2D eigenvalue weighted by molar-refractivity contribution is 6.18. The molecule has 0 saturated carbocycles. The molecule has 4 aromatic carbocycles. The molecule has 0 saturated heterocycles. The first-order valence-electron chi connectivity index (χ1n) is 10.8. The fourth-order valence-corrected chi connectivity index (χ4v) is 4.06. The van der Waals surface area contributed by atoms with E-state index in [1.54, 1.807) is 24.3 Å². The Bertz CT molecular complexity index is 1550. The molecule has 7 heteroatoms. The Hall–Kier alpha value is -4.91. The molecule has 1 heterocycles. The second kappa shape index (κ2) is 8.46. The van der Waals surface area contributed by atoms with Crippen molar-refractivity contribution in [3.05, 3.63) is 90.0 Å². The molecule has 174 valence electrons. The van der Waals surface area contributed by atoms with Crippen LogP contribution in [0.4, 0.5) is 5.69 Å². The van der Waals surface area contributed by atoms with Crippen LogP contribution >= 0.6 is 0 Å². The summed E-state index contributed by atoms with van der Waals surface area (Å²) in [6, 6.07) is 20.4. The van der Waals surface area contributed by atoms with Crippen molar-refractivity contribution in [2.45, 2.75) is 6.92 Å². The van der Waals surface area contributed by atoms with E-state index in [2.05, 4.69) is 5.32 Å². The Morgan fingerprint density at radius 1 is 0.714 bits per heavy atom. The lowest BCUT2D eigenvalue weighted by atomic mass is 9.95. The third-order valence-electron chi connectivity index (χ3n) is 5.65.